The van der Waals surface area contributed by atoms with E-state index in [0.29, 0.717) is 6.42 Å². The number of allylic oxidation sites excluding steroid dienone is 2. The van der Waals surface area contributed by atoms with E-state index < -0.39 is 26.5 Å². The first-order chi connectivity index (χ1) is 21.8. The molecule has 266 valence electrons. The molecule has 2 unspecified atom stereocenters. The van der Waals surface area contributed by atoms with Gasteiger partial charge in [-0.05, 0) is 38.5 Å². The van der Waals surface area contributed by atoms with E-state index in [1.54, 1.807) is 0 Å². The fourth-order valence-electron chi connectivity index (χ4n) is 4.90. The van der Waals surface area contributed by atoms with Crippen molar-refractivity contribution < 1.29 is 37.9 Å². The molecule has 10 heteroatoms. The number of hydrogen-bond acceptors (Lipinski definition) is 7. The topological polar surface area (TPSA) is 131 Å². The van der Waals surface area contributed by atoms with E-state index in [1.807, 2.05) is 0 Å². The number of amides is 1. The van der Waals surface area contributed by atoms with Crippen LogP contribution in [0.5, 0.6) is 0 Å². The van der Waals surface area contributed by atoms with Gasteiger partial charge in [-0.3, -0.25) is 18.6 Å². The molecule has 0 saturated carbocycles. The van der Waals surface area contributed by atoms with Gasteiger partial charge in [-0.2, -0.15) is 0 Å². The summed E-state index contributed by atoms with van der Waals surface area (Å²) in [4.78, 5) is 33.2. The van der Waals surface area contributed by atoms with Gasteiger partial charge < -0.3 is 20.1 Å². The lowest BCUT2D eigenvalue weighted by atomic mass is 10.0. The molecule has 0 aromatic heterocycles. The summed E-state index contributed by atoms with van der Waals surface area (Å²) in [6.07, 6.45) is 30.8. The Labute approximate surface area is 275 Å². The molecule has 0 aromatic rings. The minimum Gasteiger partial charge on any atom is -0.463 e. The number of unbranched alkanes of at least 4 members (excludes halogenated alkanes) is 19. The predicted molar refractivity (Wildman–Crippen MR) is 183 cm³/mol. The highest BCUT2D eigenvalue weighted by atomic mass is 31.2. The van der Waals surface area contributed by atoms with Crippen LogP contribution >= 0.6 is 7.82 Å². The fraction of sp³-hybridized carbons (Fsp3) is 0.886. The third-order valence-corrected chi connectivity index (χ3v) is 8.68. The van der Waals surface area contributed by atoms with Crippen LogP contribution in [0.15, 0.2) is 12.2 Å². The number of aliphatic hydroxyl groups is 1. The number of phosphoric acid groups is 1. The van der Waals surface area contributed by atoms with E-state index in [4.69, 9.17) is 13.8 Å². The van der Waals surface area contributed by atoms with E-state index in [0.717, 1.165) is 38.5 Å². The van der Waals surface area contributed by atoms with Gasteiger partial charge in [-0.1, -0.05) is 129 Å². The number of ether oxygens (including phenoxy) is 1. The Hall–Kier alpha value is -1.25. The van der Waals surface area contributed by atoms with Crippen molar-refractivity contribution in [2.45, 2.75) is 174 Å². The first-order valence-electron chi connectivity index (χ1n) is 18.2. The number of nitrogens with one attached hydrogen (secondary N) is 1. The van der Waals surface area contributed by atoms with Crippen LogP contribution in [0, 0.1) is 0 Å². The van der Waals surface area contributed by atoms with Crippen LogP contribution in [0.1, 0.15) is 168 Å². The van der Waals surface area contributed by atoms with E-state index >= 15 is 0 Å². The maximum absolute atomic E-state index is 11.9. The molecule has 9 nitrogen and oxygen atoms in total. The summed E-state index contributed by atoms with van der Waals surface area (Å²) in [7, 11) is -4.39. The van der Waals surface area contributed by atoms with Crippen LogP contribution in [0.3, 0.4) is 0 Å². The molecule has 0 saturated heterocycles. The maximum Gasteiger partial charge on any atom is 0.472 e. The zero-order valence-electron chi connectivity index (χ0n) is 28.8. The summed E-state index contributed by atoms with van der Waals surface area (Å²) in [5.41, 5.74) is 0. The van der Waals surface area contributed by atoms with Crippen molar-refractivity contribution in [1.82, 2.24) is 5.32 Å². The highest BCUT2D eigenvalue weighted by Crippen LogP contribution is 2.42. The Kier molecular flexibility index (Phi) is 31.8. The third-order valence-electron chi connectivity index (χ3n) is 7.70. The molecule has 0 radical (unpaired) electrons. The van der Waals surface area contributed by atoms with Crippen molar-refractivity contribution in [1.29, 1.82) is 0 Å². The minimum atomic E-state index is -4.39. The number of hydrogen-bond donors (Lipinski definition) is 3. The highest BCUT2D eigenvalue weighted by molar-refractivity contribution is 7.47. The van der Waals surface area contributed by atoms with Crippen molar-refractivity contribution in [3.05, 3.63) is 12.2 Å². The second kappa shape index (κ2) is 32.7. The van der Waals surface area contributed by atoms with Gasteiger partial charge in [0.25, 0.3) is 0 Å². The third kappa shape index (κ3) is 33.9. The molecular weight excluding hydrogens is 593 g/mol. The Morgan fingerprint density at radius 1 is 0.667 bits per heavy atom. The van der Waals surface area contributed by atoms with Crippen LogP contribution in [0.2, 0.25) is 0 Å². The Bertz CT molecular complexity index is 764. The van der Waals surface area contributed by atoms with Gasteiger partial charge in [0.15, 0.2) is 0 Å². The van der Waals surface area contributed by atoms with Crippen LogP contribution in [-0.2, 0) is 27.9 Å². The molecule has 3 N–H and O–H groups in total. The number of esters is 1. The van der Waals surface area contributed by atoms with Gasteiger partial charge in [-0.15, -0.1) is 0 Å². The molecule has 0 aliphatic rings. The summed E-state index contributed by atoms with van der Waals surface area (Å²) in [6.45, 7) is 3.37. The van der Waals surface area contributed by atoms with Crippen molar-refractivity contribution in [2.24, 2.45) is 0 Å². The first-order valence-corrected chi connectivity index (χ1v) is 19.7. The van der Waals surface area contributed by atoms with Crippen molar-refractivity contribution in [3.8, 4) is 0 Å². The highest BCUT2D eigenvalue weighted by Gasteiger charge is 2.23. The summed E-state index contributed by atoms with van der Waals surface area (Å²) in [5.74, 6) is -0.539. The quantitative estimate of drug-likeness (QED) is 0.0269. The molecule has 0 fully saturated rings. The SMILES string of the molecule is CCCCCCCC/C=C/CCCCCCCCCCCCCC(=O)OCC(O)COP(=O)(O)OCCNC(=O)CCCCC. The molecule has 0 spiro atoms. The number of carbonyl (C=O) groups excluding carboxylic acids is 2. The predicted octanol–water partition coefficient (Wildman–Crippen LogP) is 9.10. The van der Waals surface area contributed by atoms with Crippen LogP contribution < -0.4 is 5.32 Å². The van der Waals surface area contributed by atoms with Gasteiger partial charge >= 0.3 is 13.8 Å². The Morgan fingerprint density at radius 3 is 1.69 bits per heavy atom. The molecule has 1 amide bonds. The van der Waals surface area contributed by atoms with Crippen LogP contribution in [0.4, 0.5) is 0 Å². The summed E-state index contributed by atoms with van der Waals surface area (Å²) >= 11 is 0. The maximum atomic E-state index is 11.9. The average molecular weight is 662 g/mol. The normalized spacial score (nSPS) is 13.6. The molecule has 0 aromatic carbocycles. The minimum absolute atomic E-state index is 0.0802. The number of aliphatic hydroxyl groups excluding tert-OH is 1. The smallest absolute Gasteiger partial charge is 0.463 e. The molecular formula is C35H68NO8P. The lowest BCUT2D eigenvalue weighted by Gasteiger charge is -2.15. The summed E-state index contributed by atoms with van der Waals surface area (Å²) in [6, 6.07) is 0. The number of carbonyl (C=O) groups is 2. The average Bonchev–Trinajstić information content (AvgIpc) is 3.02. The number of phosphoric ester groups is 1. The van der Waals surface area contributed by atoms with Gasteiger partial charge in [-0.25, -0.2) is 4.57 Å². The lowest BCUT2D eigenvalue weighted by Crippen LogP contribution is -2.27. The molecule has 0 aliphatic heterocycles. The van der Waals surface area contributed by atoms with E-state index in [9.17, 15) is 24.2 Å². The first kappa shape index (κ1) is 43.8. The van der Waals surface area contributed by atoms with Gasteiger partial charge in [0.2, 0.25) is 5.91 Å². The monoisotopic (exact) mass is 661 g/mol. The second-order valence-corrected chi connectivity index (χ2v) is 13.7. The largest absolute Gasteiger partial charge is 0.472 e. The number of rotatable bonds is 34. The zero-order valence-corrected chi connectivity index (χ0v) is 29.7. The standard InChI is InChI=1S/C35H68NO8P/c1-3-5-7-8-9-10-11-12-13-14-15-16-17-18-19-20-21-22-23-24-26-28-35(39)42-31-33(37)32-44-45(40,41)43-30-29-36-34(38)27-25-6-4-2/h12-13,33,37H,3-11,14-32H2,1-2H3,(H,36,38)(H,40,41)/b13-12+. The molecule has 2 atom stereocenters. The van der Waals surface area contributed by atoms with Gasteiger partial charge in [0.1, 0.15) is 12.7 Å². The van der Waals surface area contributed by atoms with E-state index in [2.05, 4.69) is 31.3 Å². The molecule has 0 heterocycles. The summed E-state index contributed by atoms with van der Waals surface area (Å²) in [5, 5.41) is 12.5. The van der Waals surface area contributed by atoms with Crippen molar-refractivity contribution >= 4 is 19.7 Å². The van der Waals surface area contributed by atoms with E-state index in [1.165, 1.54) is 103 Å². The molecule has 0 rings (SSSR count). The zero-order chi connectivity index (χ0) is 33.3. The van der Waals surface area contributed by atoms with Crippen molar-refractivity contribution in [2.75, 3.05) is 26.4 Å². The molecule has 0 aliphatic carbocycles. The Morgan fingerprint density at radius 2 is 1.13 bits per heavy atom. The molecule has 0 bridgehead atoms. The second-order valence-electron chi connectivity index (χ2n) is 12.2. The summed E-state index contributed by atoms with van der Waals surface area (Å²) < 4.78 is 26.5. The van der Waals surface area contributed by atoms with Gasteiger partial charge in [0.05, 0.1) is 13.2 Å². The van der Waals surface area contributed by atoms with E-state index in [-0.39, 0.29) is 32.1 Å². The van der Waals surface area contributed by atoms with Crippen LogP contribution in [-0.4, -0.2) is 54.3 Å². The van der Waals surface area contributed by atoms with Gasteiger partial charge in [0, 0.05) is 19.4 Å². The lowest BCUT2D eigenvalue weighted by molar-refractivity contribution is -0.147. The fourth-order valence-corrected chi connectivity index (χ4v) is 5.66. The van der Waals surface area contributed by atoms with Crippen LogP contribution in [0.25, 0.3) is 0 Å². The van der Waals surface area contributed by atoms with Crippen molar-refractivity contribution in [3.63, 3.8) is 0 Å². The molecule has 45 heavy (non-hydrogen) atoms. The Balaban J connectivity index is 3.51.